The number of carbonyl (C=O) groups is 8. The normalized spacial score (nSPS) is 32.5. The number of rotatable bonds is 2. The number of Topliss-reactive ketones (excluding diaryl/α,β-unsaturated/α-hetero) is 2. The smallest absolute Gasteiger partial charge is 0.343 e. The van der Waals surface area contributed by atoms with E-state index in [-0.39, 0.29) is 129 Å². The van der Waals surface area contributed by atoms with Crippen molar-refractivity contribution in [3.63, 3.8) is 0 Å². The monoisotopic (exact) mass is 1250 g/mol. The van der Waals surface area contributed by atoms with E-state index in [4.69, 9.17) is 47.4 Å². The van der Waals surface area contributed by atoms with E-state index in [1.165, 1.54) is 38.1 Å². The fourth-order valence-electron chi connectivity index (χ4n) is 18.7. The van der Waals surface area contributed by atoms with Gasteiger partial charge in [0.1, 0.15) is 94.4 Å². The number of hydrogen-bond acceptors (Lipinski definition) is 22. The molecule has 22 heteroatoms. The zero-order valence-electron chi connectivity index (χ0n) is 51.5. The molecule has 0 amide bonds. The van der Waals surface area contributed by atoms with Crippen molar-refractivity contribution in [2.75, 3.05) is 26.4 Å². The average Bonchev–Trinajstić information content (AvgIpc) is 1.47. The van der Waals surface area contributed by atoms with Crippen LogP contribution in [0.4, 0.5) is 0 Å². The number of aromatic hydroxyl groups is 4. The van der Waals surface area contributed by atoms with Gasteiger partial charge in [-0.25, -0.2) is 19.2 Å². The summed E-state index contributed by atoms with van der Waals surface area (Å²) in [5.41, 5.74) is 2.55. The van der Waals surface area contributed by atoms with E-state index in [9.17, 15) is 58.8 Å². The van der Waals surface area contributed by atoms with Crippen molar-refractivity contribution in [3.8, 4) is 34.5 Å². The van der Waals surface area contributed by atoms with Crippen LogP contribution in [0.1, 0.15) is 207 Å². The highest BCUT2D eigenvalue weighted by Gasteiger charge is 2.72. The van der Waals surface area contributed by atoms with Gasteiger partial charge in [-0.3, -0.25) is 19.2 Å². The maximum absolute atomic E-state index is 14.8. The number of hydrogen-bond donors (Lipinski definition) is 4. The number of esters is 6. The molecule has 4 N–H and O–H groups in total. The fourth-order valence-corrected chi connectivity index (χ4v) is 18.7. The largest absolute Gasteiger partial charge is 0.507 e. The SMILES string of the molecule is CC(=O)O[C@H]1[C@@H]2C(=O)c3c(C)cc(O)c4c3[C@@]1(COC4=O)c1c3c4c5c(c(O)cc(C)c5c12)C(=O)O[C@H]4C[C@]1(OC[C@H](C)[C@H]1C)O3.CC(=O)O[C@H]1[C@@H]2C(=O)c3c(C)cc(O)c4c3[C@@]1(COC4=O)c1c3c4c5c(c(O)cc(C)c5c12)C(=O)O[C@H]4C[C@]1(OC[C@H](C)[C@H]1C)O3. The molecule has 4 aliphatic carbocycles. The van der Waals surface area contributed by atoms with Gasteiger partial charge in [0.05, 0.1) is 48.7 Å². The molecule has 0 saturated carbocycles. The maximum Gasteiger partial charge on any atom is 0.343 e. The van der Waals surface area contributed by atoms with Crippen molar-refractivity contribution in [2.24, 2.45) is 23.7 Å². The van der Waals surface area contributed by atoms with Gasteiger partial charge in [-0.1, -0.05) is 27.7 Å². The molecule has 12 aliphatic rings. The van der Waals surface area contributed by atoms with Gasteiger partial charge in [-0.05, 0) is 119 Å². The minimum atomic E-state index is -1.47. The van der Waals surface area contributed by atoms with E-state index in [1.54, 1.807) is 27.7 Å². The number of aryl methyl sites for hydroxylation is 4. The Morgan fingerprint density at radius 2 is 0.826 bits per heavy atom. The van der Waals surface area contributed by atoms with Crippen LogP contribution in [0.15, 0.2) is 24.3 Å². The molecule has 2 saturated heterocycles. The third kappa shape index (κ3) is 6.42. The third-order valence-electron chi connectivity index (χ3n) is 22.8. The summed E-state index contributed by atoms with van der Waals surface area (Å²) >= 11 is 0. The van der Waals surface area contributed by atoms with Crippen molar-refractivity contribution < 1.29 is 106 Å². The molecule has 18 rings (SSSR count). The molecular formula is C70H60O22. The Bertz CT molecular complexity index is 4420. The van der Waals surface area contributed by atoms with Crippen LogP contribution in [0.2, 0.25) is 0 Å². The van der Waals surface area contributed by atoms with Crippen molar-refractivity contribution in [3.05, 3.63) is 124 Å². The Balaban J connectivity index is 0.000000141. The summed E-state index contributed by atoms with van der Waals surface area (Å²) in [6.45, 7) is 17.7. The maximum atomic E-state index is 14.8. The van der Waals surface area contributed by atoms with Gasteiger partial charge in [0.2, 0.25) is 11.6 Å². The molecule has 8 heterocycles. The van der Waals surface area contributed by atoms with Crippen molar-refractivity contribution in [1.82, 2.24) is 0 Å². The van der Waals surface area contributed by atoms with Crippen LogP contribution in [0.25, 0.3) is 21.5 Å². The van der Waals surface area contributed by atoms with E-state index < -0.39 is 106 Å². The van der Waals surface area contributed by atoms with Crippen LogP contribution in [-0.2, 0) is 58.3 Å². The first kappa shape index (κ1) is 56.7. The van der Waals surface area contributed by atoms with E-state index >= 15 is 0 Å². The number of cyclic esters (lactones) is 2. The van der Waals surface area contributed by atoms with Crippen LogP contribution in [0.5, 0.6) is 34.5 Å². The second-order valence-corrected chi connectivity index (χ2v) is 27.4. The minimum Gasteiger partial charge on any atom is -0.507 e. The van der Waals surface area contributed by atoms with Gasteiger partial charge < -0.3 is 67.8 Å². The molecule has 22 nitrogen and oxygen atoms in total. The highest BCUT2D eigenvalue weighted by molar-refractivity contribution is 6.21. The molecule has 4 bridgehead atoms. The second kappa shape index (κ2) is 17.8. The van der Waals surface area contributed by atoms with E-state index in [2.05, 4.69) is 0 Å². The summed E-state index contributed by atoms with van der Waals surface area (Å²) in [6, 6.07) is 5.66. The predicted octanol–water partition coefficient (Wildman–Crippen LogP) is 9.08. The van der Waals surface area contributed by atoms with Gasteiger partial charge in [-0.2, -0.15) is 0 Å². The van der Waals surface area contributed by atoms with Crippen molar-refractivity contribution in [1.29, 1.82) is 0 Å². The molecule has 6 aromatic carbocycles. The lowest BCUT2D eigenvalue weighted by Crippen LogP contribution is -2.54. The van der Waals surface area contributed by atoms with Crippen LogP contribution in [-0.4, -0.2) is 118 Å². The van der Waals surface area contributed by atoms with Crippen molar-refractivity contribution >= 4 is 68.9 Å². The minimum absolute atomic E-state index is 0.0401. The summed E-state index contributed by atoms with van der Waals surface area (Å²) in [4.78, 5) is 109. The Labute approximate surface area is 522 Å². The zero-order valence-corrected chi connectivity index (χ0v) is 51.5. The van der Waals surface area contributed by atoms with E-state index in [0.717, 1.165) is 0 Å². The lowest BCUT2D eigenvalue weighted by molar-refractivity contribution is -0.202. The summed E-state index contributed by atoms with van der Waals surface area (Å²) in [7, 11) is 0. The quantitative estimate of drug-likeness (QED) is 0.0927. The number of carbonyl (C=O) groups excluding carboxylic acids is 8. The molecule has 0 radical (unpaired) electrons. The number of ether oxygens (including phenoxy) is 10. The van der Waals surface area contributed by atoms with Gasteiger partial charge in [0.15, 0.2) is 11.6 Å². The number of benzene rings is 6. The number of phenols is 4. The Kier molecular flexibility index (Phi) is 11.0. The highest BCUT2D eigenvalue weighted by atomic mass is 16.7. The molecule has 8 aliphatic heterocycles. The fraction of sp³-hybridized carbons (Fsp3) is 0.429. The second-order valence-electron chi connectivity index (χ2n) is 27.4. The summed E-state index contributed by atoms with van der Waals surface area (Å²) in [6.07, 6.45) is -3.64. The van der Waals surface area contributed by atoms with Gasteiger partial charge in [0, 0.05) is 69.8 Å². The molecular weight excluding hydrogens is 1190 g/mol. The molecule has 2 fully saturated rings. The molecule has 4 spiro atoms. The van der Waals surface area contributed by atoms with Crippen LogP contribution < -0.4 is 9.47 Å². The lowest BCUT2D eigenvalue weighted by Gasteiger charge is -2.47. The highest BCUT2D eigenvalue weighted by Crippen LogP contribution is 2.71. The Hall–Kier alpha value is -9.28. The first-order chi connectivity index (χ1) is 43.6. The van der Waals surface area contributed by atoms with Gasteiger partial charge in [-0.15, -0.1) is 0 Å². The summed E-state index contributed by atoms with van der Waals surface area (Å²) in [5, 5.41) is 46.5. The molecule has 14 atom stereocenters. The molecule has 92 heavy (non-hydrogen) atoms. The summed E-state index contributed by atoms with van der Waals surface area (Å²) in [5.74, 6) is -10.5. The Morgan fingerprint density at radius 1 is 0.467 bits per heavy atom. The predicted molar refractivity (Wildman–Crippen MR) is 315 cm³/mol. The topological polar surface area (TPSA) is 310 Å². The molecule has 6 aromatic rings. The van der Waals surface area contributed by atoms with Gasteiger partial charge in [0.25, 0.3) is 0 Å². The van der Waals surface area contributed by atoms with Gasteiger partial charge >= 0.3 is 35.8 Å². The first-order valence-corrected chi connectivity index (χ1v) is 31.0. The van der Waals surface area contributed by atoms with Crippen LogP contribution in [0, 0.1) is 51.4 Å². The average molecular weight is 1250 g/mol. The third-order valence-corrected chi connectivity index (χ3v) is 22.8. The van der Waals surface area contributed by atoms with E-state index in [1.807, 2.05) is 27.7 Å². The number of phenolic OH excluding ortho intramolecular Hbond substituents is 4. The van der Waals surface area contributed by atoms with Crippen molar-refractivity contribution in [2.45, 2.75) is 141 Å². The lowest BCUT2D eigenvalue weighted by atomic mass is 9.63. The Morgan fingerprint density at radius 3 is 1.17 bits per heavy atom. The number of ketones is 2. The standard InChI is InChI=1S/2C35H30O11/c2*1-11-6-16(37)21-24-19(11)25-26-29(39)20-12(2)7-17(38)22-27(20)34(10-42-32(22)40,31(26)44-15(5)36)28(25)30-23(24)18(45-33(21)41)8-35(46-30)14(4)13(3)9-43-35/h2*6-7,13-14,18,26,31,37-38H,8-10H2,1-5H3/t2*13-,14+,18-,26-,31-,34-,35-/m00/s1. The van der Waals surface area contributed by atoms with E-state index in [0.29, 0.717) is 90.4 Å². The van der Waals surface area contributed by atoms with Crippen LogP contribution >= 0.6 is 0 Å². The molecule has 0 unspecified atom stereocenters. The first-order valence-electron chi connectivity index (χ1n) is 31.0. The molecule has 0 aromatic heterocycles. The molecule has 472 valence electrons. The summed E-state index contributed by atoms with van der Waals surface area (Å²) < 4.78 is 62.7. The zero-order chi connectivity index (χ0) is 64.7. The van der Waals surface area contributed by atoms with Crippen LogP contribution in [0.3, 0.4) is 0 Å². The number of fused-ring (bicyclic) bond motifs is 10.